The Kier molecular flexibility index (Phi) is 4.02. The highest BCUT2D eigenvalue weighted by Gasteiger charge is 2.30. The van der Waals surface area contributed by atoms with Gasteiger partial charge in [-0.3, -0.25) is 0 Å². The van der Waals surface area contributed by atoms with Gasteiger partial charge >= 0.3 is 0 Å². The Labute approximate surface area is 102 Å². The van der Waals surface area contributed by atoms with Crippen molar-refractivity contribution in [3.8, 4) is 0 Å². The zero-order valence-electron chi connectivity index (χ0n) is 10.6. The SMILES string of the molecule is COCCCn1ccnc1NC1(C)CCOC1. The number of aryl methyl sites for hydroxylation is 1. The molecule has 0 spiro atoms. The van der Waals surface area contributed by atoms with E-state index in [1.807, 2.05) is 12.4 Å². The summed E-state index contributed by atoms with van der Waals surface area (Å²) in [6.45, 7) is 5.45. The van der Waals surface area contributed by atoms with Crippen molar-refractivity contribution in [2.24, 2.45) is 0 Å². The summed E-state index contributed by atoms with van der Waals surface area (Å²) in [6, 6.07) is 0. The number of anilines is 1. The van der Waals surface area contributed by atoms with Gasteiger partial charge in [0.25, 0.3) is 0 Å². The van der Waals surface area contributed by atoms with Crippen molar-refractivity contribution in [1.29, 1.82) is 0 Å². The van der Waals surface area contributed by atoms with E-state index >= 15 is 0 Å². The topological polar surface area (TPSA) is 48.3 Å². The number of hydrogen-bond acceptors (Lipinski definition) is 4. The molecular formula is C12H21N3O2. The third-order valence-corrected chi connectivity index (χ3v) is 3.10. The van der Waals surface area contributed by atoms with Gasteiger partial charge < -0.3 is 19.4 Å². The Morgan fingerprint density at radius 3 is 3.24 bits per heavy atom. The molecule has 1 fully saturated rings. The van der Waals surface area contributed by atoms with Crippen LogP contribution in [0.25, 0.3) is 0 Å². The molecule has 1 unspecified atom stereocenters. The average molecular weight is 239 g/mol. The lowest BCUT2D eigenvalue weighted by molar-refractivity contribution is 0.184. The highest BCUT2D eigenvalue weighted by molar-refractivity contribution is 5.31. The molecule has 0 radical (unpaired) electrons. The molecule has 96 valence electrons. The van der Waals surface area contributed by atoms with Gasteiger partial charge in [0, 0.05) is 39.3 Å². The Balaban J connectivity index is 1.93. The van der Waals surface area contributed by atoms with Crippen LogP contribution in [0.15, 0.2) is 12.4 Å². The number of aromatic nitrogens is 2. The molecule has 1 aliphatic heterocycles. The van der Waals surface area contributed by atoms with Crippen LogP contribution in [0.1, 0.15) is 19.8 Å². The summed E-state index contributed by atoms with van der Waals surface area (Å²) in [7, 11) is 1.73. The number of rotatable bonds is 6. The average Bonchev–Trinajstić information content (AvgIpc) is 2.90. The smallest absolute Gasteiger partial charge is 0.203 e. The summed E-state index contributed by atoms with van der Waals surface area (Å²) in [5.74, 6) is 0.925. The van der Waals surface area contributed by atoms with Gasteiger partial charge in [0.05, 0.1) is 12.1 Å². The minimum absolute atomic E-state index is 0.0182. The van der Waals surface area contributed by atoms with Crippen LogP contribution in [0.5, 0.6) is 0 Å². The van der Waals surface area contributed by atoms with E-state index in [2.05, 4.69) is 21.8 Å². The fraction of sp³-hybridized carbons (Fsp3) is 0.750. The maximum Gasteiger partial charge on any atom is 0.203 e. The first-order valence-corrected chi connectivity index (χ1v) is 6.09. The number of imidazole rings is 1. The number of methoxy groups -OCH3 is 1. The number of nitrogens with zero attached hydrogens (tertiary/aromatic N) is 2. The second-order valence-electron chi connectivity index (χ2n) is 4.78. The molecule has 1 atom stereocenters. The van der Waals surface area contributed by atoms with Crippen molar-refractivity contribution < 1.29 is 9.47 Å². The zero-order chi connectivity index (χ0) is 12.1. The standard InChI is InChI=1S/C12H21N3O2/c1-12(4-9-17-10-12)14-11-13-5-7-15(11)6-3-8-16-2/h5,7H,3-4,6,8-10H2,1-2H3,(H,13,14). The van der Waals surface area contributed by atoms with E-state index in [9.17, 15) is 0 Å². The van der Waals surface area contributed by atoms with Gasteiger partial charge in [-0.15, -0.1) is 0 Å². The summed E-state index contributed by atoms with van der Waals surface area (Å²) < 4.78 is 12.6. The first kappa shape index (κ1) is 12.4. The van der Waals surface area contributed by atoms with Crippen molar-refractivity contribution in [3.63, 3.8) is 0 Å². The van der Waals surface area contributed by atoms with E-state index < -0.39 is 0 Å². The lowest BCUT2D eigenvalue weighted by Gasteiger charge is -2.24. The molecule has 5 heteroatoms. The Morgan fingerprint density at radius 2 is 2.53 bits per heavy atom. The van der Waals surface area contributed by atoms with Crippen molar-refractivity contribution in [1.82, 2.24) is 9.55 Å². The van der Waals surface area contributed by atoms with Crippen LogP contribution in [-0.2, 0) is 16.0 Å². The molecule has 1 aromatic heterocycles. The lowest BCUT2D eigenvalue weighted by Crippen LogP contribution is -2.36. The largest absolute Gasteiger partial charge is 0.385 e. The van der Waals surface area contributed by atoms with E-state index in [-0.39, 0.29) is 5.54 Å². The molecule has 0 saturated carbocycles. The van der Waals surface area contributed by atoms with Gasteiger partial charge in [0.2, 0.25) is 5.95 Å². The highest BCUT2D eigenvalue weighted by Crippen LogP contribution is 2.22. The normalized spacial score (nSPS) is 24.1. The molecule has 1 aromatic rings. The third-order valence-electron chi connectivity index (χ3n) is 3.10. The molecule has 0 amide bonds. The molecule has 1 aliphatic rings. The lowest BCUT2D eigenvalue weighted by atomic mass is 10.0. The maximum absolute atomic E-state index is 5.43. The fourth-order valence-electron chi connectivity index (χ4n) is 2.03. The Bertz CT molecular complexity index is 345. The molecule has 0 bridgehead atoms. The Morgan fingerprint density at radius 1 is 1.65 bits per heavy atom. The monoisotopic (exact) mass is 239 g/mol. The van der Waals surface area contributed by atoms with Gasteiger partial charge in [-0.2, -0.15) is 0 Å². The van der Waals surface area contributed by atoms with Gasteiger partial charge in [0.1, 0.15) is 0 Å². The fourth-order valence-corrected chi connectivity index (χ4v) is 2.03. The first-order valence-electron chi connectivity index (χ1n) is 6.09. The summed E-state index contributed by atoms with van der Waals surface area (Å²) in [5.41, 5.74) is 0.0182. The molecule has 2 rings (SSSR count). The molecule has 2 heterocycles. The maximum atomic E-state index is 5.43. The van der Waals surface area contributed by atoms with Gasteiger partial charge in [-0.05, 0) is 19.8 Å². The van der Waals surface area contributed by atoms with Crippen LogP contribution in [0.2, 0.25) is 0 Å². The first-order chi connectivity index (χ1) is 8.23. The van der Waals surface area contributed by atoms with E-state index in [4.69, 9.17) is 9.47 Å². The van der Waals surface area contributed by atoms with Crippen LogP contribution >= 0.6 is 0 Å². The van der Waals surface area contributed by atoms with Crippen LogP contribution in [0.4, 0.5) is 5.95 Å². The summed E-state index contributed by atoms with van der Waals surface area (Å²) in [5, 5.41) is 3.48. The summed E-state index contributed by atoms with van der Waals surface area (Å²) >= 11 is 0. The van der Waals surface area contributed by atoms with Crippen LogP contribution in [0.3, 0.4) is 0 Å². The van der Waals surface area contributed by atoms with Crippen molar-refractivity contribution in [3.05, 3.63) is 12.4 Å². The molecule has 17 heavy (non-hydrogen) atoms. The van der Waals surface area contributed by atoms with Crippen LogP contribution in [0, 0.1) is 0 Å². The number of nitrogens with one attached hydrogen (secondary N) is 1. The van der Waals surface area contributed by atoms with Crippen LogP contribution in [-0.4, -0.2) is 42.0 Å². The van der Waals surface area contributed by atoms with E-state index in [1.54, 1.807) is 7.11 Å². The van der Waals surface area contributed by atoms with E-state index in [0.29, 0.717) is 0 Å². The predicted octanol–water partition coefficient (Wildman–Crippen LogP) is 1.51. The molecule has 0 aliphatic carbocycles. The Hall–Kier alpha value is -1.07. The molecule has 1 N–H and O–H groups in total. The van der Waals surface area contributed by atoms with Crippen molar-refractivity contribution >= 4 is 5.95 Å². The minimum atomic E-state index is 0.0182. The predicted molar refractivity (Wildman–Crippen MR) is 66.2 cm³/mol. The molecule has 0 aromatic carbocycles. The molecule has 1 saturated heterocycles. The summed E-state index contributed by atoms with van der Waals surface area (Å²) in [6.07, 6.45) is 5.85. The zero-order valence-corrected chi connectivity index (χ0v) is 10.6. The quantitative estimate of drug-likeness (QED) is 0.764. The van der Waals surface area contributed by atoms with E-state index in [0.717, 1.165) is 45.2 Å². The summed E-state index contributed by atoms with van der Waals surface area (Å²) in [4.78, 5) is 4.36. The van der Waals surface area contributed by atoms with Gasteiger partial charge in [-0.25, -0.2) is 4.98 Å². The number of ether oxygens (including phenoxy) is 2. The van der Waals surface area contributed by atoms with E-state index in [1.165, 1.54) is 0 Å². The van der Waals surface area contributed by atoms with Crippen molar-refractivity contribution in [2.45, 2.75) is 31.8 Å². The van der Waals surface area contributed by atoms with Crippen LogP contribution < -0.4 is 5.32 Å². The molecule has 5 nitrogen and oxygen atoms in total. The third kappa shape index (κ3) is 3.20. The molecular weight excluding hydrogens is 218 g/mol. The second kappa shape index (κ2) is 5.51. The van der Waals surface area contributed by atoms with Crippen molar-refractivity contribution in [2.75, 3.05) is 32.2 Å². The number of hydrogen-bond donors (Lipinski definition) is 1. The van der Waals surface area contributed by atoms with Gasteiger partial charge in [-0.1, -0.05) is 0 Å². The highest BCUT2D eigenvalue weighted by atomic mass is 16.5. The second-order valence-corrected chi connectivity index (χ2v) is 4.78. The minimum Gasteiger partial charge on any atom is -0.385 e. The van der Waals surface area contributed by atoms with Gasteiger partial charge in [0.15, 0.2) is 0 Å².